The van der Waals surface area contributed by atoms with Crippen LogP contribution in [0.4, 0.5) is 5.69 Å². The van der Waals surface area contributed by atoms with Crippen LogP contribution in [0.1, 0.15) is 32.3 Å². The summed E-state index contributed by atoms with van der Waals surface area (Å²) in [5.74, 6) is -0.854. The Hall–Kier alpha value is -3.07. The van der Waals surface area contributed by atoms with Gasteiger partial charge in [0.15, 0.2) is 0 Å². The van der Waals surface area contributed by atoms with Crippen molar-refractivity contribution in [3.8, 4) is 0 Å². The molecular formula is C28H31Cl2N3O4S. The largest absolute Gasteiger partial charge is 0.354 e. The molecule has 0 fully saturated rings. The second-order valence-electron chi connectivity index (χ2n) is 8.75. The molecular weight excluding hydrogens is 545 g/mol. The summed E-state index contributed by atoms with van der Waals surface area (Å²) in [6.07, 6.45) is 1.72. The highest BCUT2D eigenvalue weighted by atomic mass is 35.5. The first kappa shape index (κ1) is 29.5. The number of nitrogens with zero attached hydrogens (tertiary/aromatic N) is 2. The molecule has 7 nitrogen and oxygen atoms in total. The summed E-state index contributed by atoms with van der Waals surface area (Å²) in [6.45, 7) is 3.73. The Balaban J connectivity index is 1.99. The Morgan fingerprint density at radius 3 is 2.16 bits per heavy atom. The van der Waals surface area contributed by atoms with Crippen molar-refractivity contribution in [2.24, 2.45) is 0 Å². The van der Waals surface area contributed by atoms with Gasteiger partial charge in [0, 0.05) is 13.1 Å². The molecule has 0 spiro atoms. The third-order valence-electron chi connectivity index (χ3n) is 5.99. The highest BCUT2D eigenvalue weighted by molar-refractivity contribution is 7.92. The van der Waals surface area contributed by atoms with Gasteiger partial charge in [-0.2, -0.15) is 0 Å². The fraction of sp³-hybridized carbons (Fsp3) is 0.286. The molecule has 1 atom stereocenters. The maximum Gasteiger partial charge on any atom is 0.264 e. The van der Waals surface area contributed by atoms with E-state index >= 15 is 0 Å². The van der Waals surface area contributed by atoms with Crippen molar-refractivity contribution in [2.45, 2.75) is 44.2 Å². The summed E-state index contributed by atoms with van der Waals surface area (Å²) >= 11 is 12.3. The number of rotatable bonds is 12. The summed E-state index contributed by atoms with van der Waals surface area (Å²) in [5, 5.41) is 3.26. The van der Waals surface area contributed by atoms with Gasteiger partial charge in [-0.3, -0.25) is 13.9 Å². The monoisotopic (exact) mass is 575 g/mol. The zero-order chi connectivity index (χ0) is 27.7. The molecule has 38 heavy (non-hydrogen) atoms. The van der Waals surface area contributed by atoms with Gasteiger partial charge in [0.05, 0.1) is 20.6 Å². The first-order valence-electron chi connectivity index (χ1n) is 12.3. The van der Waals surface area contributed by atoms with Crippen LogP contribution in [-0.2, 0) is 26.2 Å². The fourth-order valence-electron chi connectivity index (χ4n) is 3.79. The molecule has 3 rings (SSSR count). The molecule has 0 radical (unpaired) electrons. The number of halogens is 2. The topological polar surface area (TPSA) is 86.8 Å². The Morgan fingerprint density at radius 2 is 1.55 bits per heavy atom. The van der Waals surface area contributed by atoms with Gasteiger partial charge in [0.25, 0.3) is 10.0 Å². The van der Waals surface area contributed by atoms with E-state index in [2.05, 4.69) is 5.32 Å². The number of amides is 2. The van der Waals surface area contributed by atoms with Crippen molar-refractivity contribution in [1.29, 1.82) is 0 Å². The molecule has 10 heteroatoms. The van der Waals surface area contributed by atoms with Crippen LogP contribution in [0, 0.1) is 0 Å². The number of carbonyl (C=O) groups excluding carboxylic acids is 2. The van der Waals surface area contributed by atoms with Crippen molar-refractivity contribution in [1.82, 2.24) is 10.2 Å². The van der Waals surface area contributed by atoms with Gasteiger partial charge in [0.2, 0.25) is 11.8 Å². The first-order chi connectivity index (χ1) is 18.1. The van der Waals surface area contributed by atoms with Gasteiger partial charge < -0.3 is 10.2 Å². The lowest BCUT2D eigenvalue weighted by molar-refractivity contribution is -0.139. The number of anilines is 1. The van der Waals surface area contributed by atoms with Crippen LogP contribution in [0.15, 0.2) is 83.8 Å². The molecule has 1 N–H and O–H groups in total. The van der Waals surface area contributed by atoms with E-state index in [-0.39, 0.29) is 33.1 Å². The average Bonchev–Trinajstić information content (AvgIpc) is 2.92. The lowest BCUT2D eigenvalue weighted by atomic mass is 10.1. The van der Waals surface area contributed by atoms with Crippen molar-refractivity contribution in [2.75, 3.05) is 17.4 Å². The number of sulfonamides is 1. The van der Waals surface area contributed by atoms with Gasteiger partial charge >= 0.3 is 0 Å². The molecule has 0 aliphatic carbocycles. The van der Waals surface area contributed by atoms with E-state index in [0.29, 0.717) is 6.54 Å². The van der Waals surface area contributed by atoms with E-state index in [1.807, 2.05) is 37.3 Å². The lowest BCUT2D eigenvalue weighted by Crippen LogP contribution is -2.51. The number of hydrogen-bond donors (Lipinski definition) is 1. The van der Waals surface area contributed by atoms with E-state index in [9.17, 15) is 18.0 Å². The number of nitrogens with one attached hydrogen (secondary N) is 1. The summed E-state index contributed by atoms with van der Waals surface area (Å²) in [4.78, 5) is 28.2. The molecule has 202 valence electrons. The molecule has 2 amide bonds. The minimum absolute atomic E-state index is 0.0128. The molecule has 3 aromatic carbocycles. The van der Waals surface area contributed by atoms with Crippen molar-refractivity contribution >= 4 is 50.7 Å². The van der Waals surface area contributed by atoms with Crippen LogP contribution in [0.25, 0.3) is 0 Å². The van der Waals surface area contributed by atoms with Crippen LogP contribution >= 0.6 is 23.2 Å². The van der Waals surface area contributed by atoms with E-state index in [4.69, 9.17) is 23.2 Å². The van der Waals surface area contributed by atoms with E-state index in [1.165, 1.54) is 35.2 Å². The Labute approximate surface area is 234 Å². The maximum atomic E-state index is 13.8. The van der Waals surface area contributed by atoms with E-state index in [0.717, 1.165) is 22.7 Å². The van der Waals surface area contributed by atoms with Gasteiger partial charge in [0.1, 0.15) is 12.6 Å². The summed E-state index contributed by atoms with van der Waals surface area (Å²) in [6, 6.07) is 20.6. The smallest absolute Gasteiger partial charge is 0.264 e. The zero-order valence-corrected chi connectivity index (χ0v) is 23.6. The van der Waals surface area contributed by atoms with E-state index in [1.54, 1.807) is 25.1 Å². The number of hydrogen-bond acceptors (Lipinski definition) is 4. The maximum absolute atomic E-state index is 13.8. The normalized spacial score (nSPS) is 12.0. The van der Waals surface area contributed by atoms with Crippen molar-refractivity contribution < 1.29 is 18.0 Å². The van der Waals surface area contributed by atoms with Crippen LogP contribution in [0.2, 0.25) is 10.0 Å². The Bertz CT molecular complexity index is 1340. The highest BCUT2D eigenvalue weighted by Crippen LogP contribution is 2.30. The molecule has 0 bridgehead atoms. The van der Waals surface area contributed by atoms with Crippen LogP contribution < -0.4 is 9.62 Å². The minimum atomic E-state index is -4.17. The van der Waals surface area contributed by atoms with Crippen LogP contribution in [-0.4, -0.2) is 44.3 Å². The molecule has 1 unspecified atom stereocenters. The SMILES string of the molecule is CCCCNC(=O)C(C)N(Cc1ccccc1)C(=O)CN(c1ccc(Cl)c(Cl)c1)S(=O)(=O)c1ccccc1. The zero-order valence-electron chi connectivity index (χ0n) is 21.3. The minimum Gasteiger partial charge on any atom is -0.354 e. The molecule has 0 aliphatic heterocycles. The lowest BCUT2D eigenvalue weighted by Gasteiger charge is -2.32. The predicted molar refractivity (Wildman–Crippen MR) is 152 cm³/mol. The number of unbranched alkanes of at least 4 members (excludes halogenated alkanes) is 1. The summed E-state index contributed by atoms with van der Waals surface area (Å²) < 4.78 is 28.4. The van der Waals surface area contributed by atoms with Crippen LogP contribution in [0.5, 0.6) is 0 Å². The quantitative estimate of drug-likeness (QED) is 0.288. The third kappa shape index (κ3) is 7.49. The Kier molecular flexibility index (Phi) is 10.6. The first-order valence-corrected chi connectivity index (χ1v) is 14.5. The standard InChI is InChI=1S/C28H31Cl2N3O4S/c1-3-4-17-31-28(35)21(2)32(19-22-11-7-5-8-12-22)27(34)20-33(23-15-16-25(29)26(30)18-23)38(36,37)24-13-9-6-10-14-24/h5-16,18,21H,3-4,17,19-20H2,1-2H3,(H,31,35). The van der Waals surface area contributed by atoms with Gasteiger partial charge in [-0.25, -0.2) is 8.42 Å². The van der Waals surface area contributed by atoms with Crippen LogP contribution in [0.3, 0.4) is 0 Å². The van der Waals surface area contributed by atoms with Gasteiger partial charge in [-0.1, -0.05) is 85.1 Å². The van der Waals surface area contributed by atoms with Crippen molar-refractivity contribution in [3.05, 3.63) is 94.5 Å². The molecule has 0 saturated heterocycles. The average molecular weight is 577 g/mol. The van der Waals surface area contributed by atoms with Crippen molar-refractivity contribution in [3.63, 3.8) is 0 Å². The van der Waals surface area contributed by atoms with Gasteiger partial charge in [-0.05, 0) is 49.2 Å². The molecule has 0 aliphatic rings. The predicted octanol–water partition coefficient (Wildman–Crippen LogP) is 5.52. The summed E-state index contributed by atoms with van der Waals surface area (Å²) in [7, 11) is -4.17. The molecule has 0 heterocycles. The molecule has 0 saturated carbocycles. The number of benzene rings is 3. The Morgan fingerprint density at radius 1 is 0.921 bits per heavy atom. The third-order valence-corrected chi connectivity index (χ3v) is 8.52. The second kappa shape index (κ2) is 13.6. The van der Waals surface area contributed by atoms with Gasteiger partial charge in [-0.15, -0.1) is 0 Å². The molecule has 0 aromatic heterocycles. The second-order valence-corrected chi connectivity index (χ2v) is 11.4. The fourth-order valence-corrected chi connectivity index (χ4v) is 5.51. The summed E-state index contributed by atoms with van der Waals surface area (Å²) in [5.41, 5.74) is 0.984. The molecule has 3 aromatic rings. The van der Waals surface area contributed by atoms with E-state index < -0.39 is 28.5 Å². The number of carbonyl (C=O) groups is 2. The highest BCUT2D eigenvalue weighted by Gasteiger charge is 2.32.